The van der Waals surface area contributed by atoms with Gasteiger partial charge in [-0.3, -0.25) is 18.6 Å². The maximum Gasteiger partial charge on any atom is 0.472 e. The standard InChI is InChI=1S/C69H116NO8P/c1-3-5-7-9-11-13-15-17-19-21-23-25-27-28-29-30-31-32-33-34-35-36-37-38-40-42-44-46-48-50-52-54-56-58-60-62-69(72)78-67(66-77-79(73,74)76-64-63-70)65-75-68(71)61-59-57-55-53-51-49-47-45-43-41-39-26-24-22-20-18-16-14-12-10-8-6-4-2/h5-8,11-14,17-20,23-26,28-29,31-32,41,43,67H,3-4,9-10,15-16,21-22,27,30,33-40,42,44-66,70H2,1-2H3,(H,73,74)/b7-5-,8-6-,13-11-,14-12-,19-17-,20-18-,25-23-,26-24-,29-28-,32-31-,43-41-. The Morgan fingerprint density at radius 1 is 0.380 bits per heavy atom. The van der Waals surface area contributed by atoms with Gasteiger partial charge in [0.15, 0.2) is 6.10 Å². The summed E-state index contributed by atoms with van der Waals surface area (Å²) in [7, 11) is -4.40. The van der Waals surface area contributed by atoms with Gasteiger partial charge < -0.3 is 20.1 Å². The Bertz CT molecular complexity index is 1750. The fraction of sp³-hybridized carbons (Fsp3) is 0.652. The molecule has 2 atom stereocenters. The van der Waals surface area contributed by atoms with Crippen molar-refractivity contribution in [2.75, 3.05) is 26.4 Å². The second-order valence-corrected chi connectivity index (χ2v) is 22.0. The van der Waals surface area contributed by atoms with Gasteiger partial charge in [-0.2, -0.15) is 0 Å². The highest BCUT2D eigenvalue weighted by Gasteiger charge is 2.26. The largest absolute Gasteiger partial charge is 0.472 e. The number of allylic oxidation sites excluding steroid dienone is 22. The molecule has 0 spiro atoms. The van der Waals surface area contributed by atoms with Crippen molar-refractivity contribution in [2.24, 2.45) is 5.73 Å². The van der Waals surface area contributed by atoms with Gasteiger partial charge >= 0.3 is 19.8 Å². The Balaban J connectivity index is 3.95. The molecule has 0 radical (unpaired) electrons. The van der Waals surface area contributed by atoms with E-state index in [-0.39, 0.29) is 32.6 Å². The first-order valence-corrected chi connectivity index (χ1v) is 33.2. The smallest absolute Gasteiger partial charge is 0.462 e. The van der Waals surface area contributed by atoms with Crippen molar-refractivity contribution >= 4 is 19.8 Å². The van der Waals surface area contributed by atoms with E-state index in [2.05, 4.69) is 148 Å². The van der Waals surface area contributed by atoms with E-state index < -0.39 is 32.5 Å². The van der Waals surface area contributed by atoms with Crippen LogP contribution in [-0.4, -0.2) is 49.3 Å². The molecule has 3 N–H and O–H groups in total. The van der Waals surface area contributed by atoms with E-state index >= 15 is 0 Å². The van der Waals surface area contributed by atoms with E-state index in [0.717, 1.165) is 116 Å². The van der Waals surface area contributed by atoms with Crippen LogP contribution in [0.25, 0.3) is 0 Å². The number of hydrogen-bond donors (Lipinski definition) is 2. The van der Waals surface area contributed by atoms with E-state index in [0.29, 0.717) is 12.8 Å². The van der Waals surface area contributed by atoms with Gasteiger partial charge in [-0.05, 0) is 109 Å². The minimum atomic E-state index is -4.40. The Kier molecular flexibility index (Phi) is 60.2. The van der Waals surface area contributed by atoms with Gasteiger partial charge in [-0.15, -0.1) is 0 Å². The maximum absolute atomic E-state index is 12.7. The molecule has 2 unspecified atom stereocenters. The minimum absolute atomic E-state index is 0.0462. The molecule has 0 saturated carbocycles. The molecule has 0 bridgehead atoms. The lowest BCUT2D eigenvalue weighted by molar-refractivity contribution is -0.161. The minimum Gasteiger partial charge on any atom is -0.462 e. The van der Waals surface area contributed by atoms with Crippen LogP contribution >= 0.6 is 7.82 Å². The average Bonchev–Trinajstić information content (AvgIpc) is 3.44. The lowest BCUT2D eigenvalue weighted by Crippen LogP contribution is -2.29. The summed E-state index contributed by atoms with van der Waals surface area (Å²) in [5.74, 6) is -0.843. The number of nitrogens with two attached hydrogens (primary N) is 1. The third kappa shape index (κ3) is 63.2. The van der Waals surface area contributed by atoms with Gasteiger partial charge in [0.2, 0.25) is 0 Å². The van der Waals surface area contributed by atoms with Gasteiger partial charge in [-0.1, -0.05) is 270 Å². The molecule has 450 valence electrons. The van der Waals surface area contributed by atoms with Crippen LogP contribution in [0.2, 0.25) is 0 Å². The molecule has 79 heavy (non-hydrogen) atoms. The van der Waals surface area contributed by atoms with E-state index in [1.807, 2.05) is 0 Å². The first kappa shape index (κ1) is 75.2. The summed E-state index contributed by atoms with van der Waals surface area (Å²) in [5, 5.41) is 0. The quantitative estimate of drug-likeness (QED) is 0.0264. The summed E-state index contributed by atoms with van der Waals surface area (Å²) >= 11 is 0. The molecule has 0 aliphatic rings. The summed E-state index contributed by atoms with van der Waals surface area (Å²) < 4.78 is 33.1. The van der Waals surface area contributed by atoms with Crippen LogP contribution in [0, 0.1) is 0 Å². The van der Waals surface area contributed by atoms with Crippen molar-refractivity contribution < 1.29 is 37.6 Å². The topological polar surface area (TPSA) is 134 Å². The van der Waals surface area contributed by atoms with Gasteiger partial charge in [0, 0.05) is 19.4 Å². The van der Waals surface area contributed by atoms with Crippen molar-refractivity contribution in [3.8, 4) is 0 Å². The summed E-state index contributed by atoms with van der Waals surface area (Å²) in [4.78, 5) is 35.3. The summed E-state index contributed by atoms with van der Waals surface area (Å²) in [6.07, 6.45) is 89.5. The highest BCUT2D eigenvalue weighted by molar-refractivity contribution is 7.47. The number of esters is 2. The number of hydrogen-bond acceptors (Lipinski definition) is 8. The van der Waals surface area contributed by atoms with E-state index in [1.54, 1.807) is 0 Å². The van der Waals surface area contributed by atoms with Crippen molar-refractivity contribution in [2.45, 2.75) is 264 Å². The van der Waals surface area contributed by atoms with Crippen LogP contribution in [0.1, 0.15) is 258 Å². The number of phosphoric ester groups is 1. The van der Waals surface area contributed by atoms with Crippen LogP contribution in [0.3, 0.4) is 0 Å². The normalized spacial score (nSPS) is 13.9. The van der Waals surface area contributed by atoms with Gasteiger partial charge in [0.05, 0.1) is 13.2 Å². The Morgan fingerprint density at radius 2 is 0.658 bits per heavy atom. The fourth-order valence-corrected chi connectivity index (χ4v) is 9.20. The molecular weight excluding hydrogens is 1000 g/mol. The Labute approximate surface area is 484 Å². The molecule has 0 saturated heterocycles. The van der Waals surface area contributed by atoms with Crippen LogP contribution < -0.4 is 5.73 Å². The first-order chi connectivity index (χ1) is 38.8. The van der Waals surface area contributed by atoms with Crippen LogP contribution in [0.4, 0.5) is 0 Å². The van der Waals surface area contributed by atoms with Crippen LogP contribution in [0.15, 0.2) is 134 Å². The number of unbranched alkanes of at least 4 members (excludes halogenated alkanes) is 23. The number of ether oxygens (including phenoxy) is 2. The SMILES string of the molecule is CC/C=C\C/C=C\C/C=C\C/C=C\C/C=C\C/C=C\CCCCCCCCCCCCCCCCCCC(=O)OC(COC(=O)CCCCCCCCC/C=C\C/C=C\C/C=C\C/C=C\C/C=C\CC)COP(=O)(O)OCCN. The van der Waals surface area contributed by atoms with Gasteiger partial charge in [0.1, 0.15) is 6.61 Å². The second-order valence-electron chi connectivity index (χ2n) is 20.5. The number of carbonyl (C=O) groups is 2. The molecule has 0 rings (SSSR count). The molecule has 0 aromatic heterocycles. The highest BCUT2D eigenvalue weighted by Crippen LogP contribution is 2.43. The molecule has 0 aliphatic heterocycles. The summed E-state index contributed by atoms with van der Waals surface area (Å²) in [5.41, 5.74) is 5.39. The van der Waals surface area contributed by atoms with Crippen LogP contribution in [-0.2, 0) is 32.7 Å². The molecule has 0 fully saturated rings. The molecule has 0 heterocycles. The second kappa shape index (κ2) is 63.3. The molecular formula is C69H116NO8P. The monoisotopic (exact) mass is 1120 g/mol. The van der Waals surface area contributed by atoms with Crippen molar-refractivity contribution in [3.05, 3.63) is 134 Å². The third-order valence-electron chi connectivity index (χ3n) is 13.0. The zero-order valence-electron chi connectivity index (χ0n) is 50.3. The summed E-state index contributed by atoms with van der Waals surface area (Å²) in [6.45, 7) is 3.51. The highest BCUT2D eigenvalue weighted by atomic mass is 31.2. The first-order valence-electron chi connectivity index (χ1n) is 31.7. The summed E-state index contributed by atoms with van der Waals surface area (Å²) in [6, 6.07) is 0. The number of rotatable bonds is 58. The predicted octanol–water partition coefficient (Wildman–Crippen LogP) is 20.5. The molecule has 0 aromatic carbocycles. The lowest BCUT2D eigenvalue weighted by Gasteiger charge is -2.19. The number of phosphoric acid groups is 1. The van der Waals surface area contributed by atoms with Crippen molar-refractivity contribution in [1.82, 2.24) is 0 Å². The molecule has 0 aromatic rings. The molecule has 0 aliphatic carbocycles. The maximum atomic E-state index is 12.7. The molecule has 0 amide bonds. The van der Waals surface area contributed by atoms with Crippen molar-refractivity contribution in [1.29, 1.82) is 0 Å². The van der Waals surface area contributed by atoms with E-state index in [4.69, 9.17) is 24.3 Å². The lowest BCUT2D eigenvalue weighted by atomic mass is 10.0. The van der Waals surface area contributed by atoms with E-state index in [1.165, 1.54) is 103 Å². The third-order valence-corrected chi connectivity index (χ3v) is 14.0. The number of carbonyl (C=O) groups excluding carboxylic acids is 2. The zero-order valence-corrected chi connectivity index (χ0v) is 51.2. The zero-order chi connectivity index (χ0) is 57.3. The van der Waals surface area contributed by atoms with Gasteiger partial charge in [0.25, 0.3) is 0 Å². The van der Waals surface area contributed by atoms with Crippen molar-refractivity contribution in [3.63, 3.8) is 0 Å². The fourth-order valence-electron chi connectivity index (χ4n) is 8.43. The Morgan fingerprint density at radius 3 is 0.975 bits per heavy atom. The molecule has 10 heteroatoms. The van der Waals surface area contributed by atoms with Crippen LogP contribution in [0.5, 0.6) is 0 Å². The predicted molar refractivity (Wildman–Crippen MR) is 339 cm³/mol. The molecule has 9 nitrogen and oxygen atoms in total. The Hall–Kier alpha value is -3.85. The van der Waals surface area contributed by atoms with E-state index in [9.17, 15) is 19.0 Å². The van der Waals surface area contributed by atoms with Gasteiger partial charge in [-0.25, -0.2) is 4.57 Å². The average molecular weight is 1120 g/mol.